The molecule has 0 unspecified atom stereocenters. The molecule has 0 amide bonds. The molecule has 1 aliphatic carbocycles. The highest BCUT2D eigenvalue weighted by molar-refractivity contribution is 5.73. The van der Waals surface area contributed by atoms with E-state index in [0.717, 1.165) is 19.3 Å². The van der Waals surface area contributed by atoms with Crippen molar-refractivity contribution in [1.82, 2.24) is 0 Å². The second-order valence-corrected chi connectivity index (χ2v) is 5.18. The van der Waals surface area contributed by atoms with E-state index in [9.17, 15) is 4.79 Å². The summed E-state index contributed by atoms with van der Waals surface area (Å²) in [4.78, 5) is 11.8. The molecule has 4 heteroatoms. The SMILES string of the molecule is CC(C)(C)OC(=O)[C@H]1CCCC[C@H]1[NH3+].[Cl-]. The van der Waals surface area contributed by atoms with Gasteiger partial charge in [-0.25, -0.2) is 0 Å². The van der Waals surface area contributed by atoms with Gasteiger partial charge in [0.15, 0.2) is 0 Å². The Labute approximate surface area is 98.2 Å². The number of halogens is 1. The number of carbonyl (C=O) groups excluding carboxylic acids is 1. The number of quaternary nitrogens is 1. The minimum atomic E-state index is -0.367. The zero-order valence-electron chi connectivity index (χ0n) is 9.88. The molecule has 0 bridgehead atoms. The van der Waals surface area contributed by atoms with Gasteiger partial charge in [-0.05, 0) is 33.6 Å². The molecule has 90 valence electrons. The van der Waals surface area contributed by atoms with Gasteiger partial charge in [0.05, 0.1) is 6.04 Å². The first-order valence-corrected chi connectivity index (χ1v) is 5.46. The molecule has 1 rings (SSSR count). The predicted molar refractivity (Wildman–Crippen MR) is 54.5 cm³/mol. The quantitative estimate of drug-likeness (QED) is 0.542. The normalized spacial score (nSPS) is 26.7. The molecule has 3 N–H and O–H groups in total. The van der Waals surface area contributed by atoms with E-state index in [-0.39, 0.29) is 35.9 Å². The Morgan fingerprint density at radius 1 is 1.27 bits per heavy atom. The van der Waals surface area contributed by atoms with Gasteiger partial charge in [-0.1, -0.05) is 6.42 Å². The molecular weight excluding hydrogens is 214 g/mol. The van der Waals surface area contributed by atoms with Gasteiger partial charge in [-0.15, -0.1) is 0 Å². The average Bonchev–Trinajstić information content (AvgIpc) is 2.01. The largest absolute Gasteiger partial charge is 1.00 e. The number of esters is 1. The zero-order valence-corrected chi connectivity index (χ0v) is 10.6. The minimum absolute atomic E-state index is 0. The van der Waals surface area contributed by atoms with Gasteiger partial charge in [0.25, 0.3) is 0 Å². The molecule has 0 radical (unpaired) electrons. The maximum absolute atomic E-state index is 11.8. The summed E-state index contributed by atoms with van der Waals surface area (Å²) >= 11 is 0. The van der Waals surface area contributed by atoms with Gasteiger partial charge < -0.3 is 22.9 Å². The van der Waals surface area contributed by atoms with Crippen LogP contribution >= 0.6 is 0 Å². The molecule has 0 aromatic rings. The van der Waals surface area contributed by atoms with Crippen molar-refractivity contribution in [2.24, 2.45) is 5.92 Å². The fourth-order valence-electron chi connectivity index (χ4n) is 1.90. The number of hydrogen-bond donors (Lipinski definition) is 1. The van der Waals surface area contributed by atoms with Crippen LogP contribution in [-0.4, -0.2) is 17.6 Å². The minimum Gasteiger partial charge on any atom is -1.00 e. The Hall–Kier alpha value is -0.280. The third-order valence-corrected chi connectivity index (χ3v) is 2.62. The maximum Gasteiger partial charge on any atom is 0.315 e. The van der Waals surface area contributed by atoms with Crippen LogP contribution in [0.3, 0.4) is 0 Å². The van der Waals surface area contributed by atoms with Crippen molar-refractivity contribution in [3.05, 3.63) is 0 Å². The fourth-order valence-corrected chi connectivity index (χ4v) is 1.90. The molecule has 0 aliphatic heterocycles. The summed E-state index contributed by atoms with van der Waals surface area (Å²) in [6, 6.07) is 0.249. The van der Waals surface area contributed by atoms with E-state index in [0.29, 0.717) is 0 Å². The number of rotatable bonds is 1. The van der Waals surface area contributed by atoms with Crippen LogP contribution < -0.4 is 18.1 Å². The summed E-state index contributed by atoms with van der Waals surface area (Å²) < 4.78 is 5.37. The van der Waals surface area contributed by atoms with Crippen molar-refractivity contribution >= 4 is 5.97 Å². The van der Waals surface area contributed by atoms with E-state index >= 15 is 0 Å². The molecule has 2 atom stereocenters. The lowest BCUT2D eigenvalue weighted by molar-refractivity contribution is -0.435. The molecular formula is C11H22ClNO2. The first-order valence-electron chi connectivity index (χ1n) is 5.46. The van der Waals surface area contributed by atoms with Crippen molar-refractivity contribution in [2.45, 2.75) is 58.1 Å². The molecule has 0 aromatic heterocycles. The number of carbonyl (C=O) groups is 1. The van der Waals surface area contributed by atoms with E-state index in [4.69, 9.17) is 4.74 Å². The van der Waals surface area contributed by atoms with Crippen LogP contribution in [0.4, 0.5) is 0 Å². The Morgan fingerprint density at radius 2 is 1.80 bits per heavy atom. The third kappa shape index (κ3) is 4.85. The second kappa shape index (κ2) is 5.71. The monoisotopic (exact) mass is 235 g/mol. The molecule has 1 saturated carbocycles. The maximum atomic E-state index is 11.8. The summed E-state index contributed by atoms with van der Waals surface area (Å²) in [7, 11) is 0. The van der Waals surface area contributed by atoms with Crippen LogP contribution in [0.15, 0.2) is 0 Å². The molecule has 1 aliphatic rings. The molecule has 15 heavy (non-hydrogen) atoms. The Balaban J connectivity index is 0.00000196. The van der Waals surface area contributed by atoms with Gasteiger partial charge in [0.2, 0.25) is 0 Å². The van der Waals surface area contributed by atoms with Crippen LogP contribution in [-0.2, 0) is 9.53 Å². The first kappa shape index (κ1) is 14.7. The van der Waals surface area contributed by atoms with Crippen LogP contribution in [0.2, 0.25) is 0 Å². The average molecular weight is 236 g/mol. The van der Waals surface area contributed by atoms with Crippen molar-refractivity contribution in [3.8, 4) is 0 Å². The summed E-state index contributed by atoms with van der Waals surface area (Å²) in [5.41, 5.74) is 3.66. The van der Waals surface area contributed by atoms with Crippen LogP contribution in [0.1, 0.15) is 46.5 Å². The highest BCUT2D eigenvalue weighted by atomic mass is 35.5. The lowest BCUT2D eigenvalue weighted by Crippen LogP contribution is -3.00. The third-order valence-electron chi connectivity index (χ3n) is 2.62. The lowest BCUT2D eigenvalue weighted by Gasteiger charge is -2.28. The van der Waals surface area contributed by atoms with Crippen molar-refractivity contribution in [1.29, 1.82) is 0 Å². The zero-order chi connectivity index (χ0) is 10.8. The standard InChI is InChI=1S/C11H21NO2.ClH/c1-11(2,3)14-10(13)8-6-4-5-7-9(8)12;/h8-9H,4-7,12H2,1-3H3;1H/t8-,9+;/m0./s1. The molecule has 0 aromatic carbocycles. The Kier molecular flexibility index (Phi) is 5.60. The molecule has 0 heterocycles. The van der Waals surface area contributed by atoms with E-state index < -0.39 is 0 Å². The summed E-state index contributed by atoms with van der Waals surface area (Å²) in [5, 5.41) is 0. The van der Waals surface area contributed by atoms with Crippen molar-refractivity contribution in [2.75, 3.05) is 0 Å². The van der Waals surface area contributed by atoms with Gasteiger partial charge in [-0.3, -0.25) is 4.79 Å². The van der Waals surface area contributed by atoms with Crippen LogP contribution in [0, 0.1) is 5.92 Å². The highest BCUT2D eigenvalue weighted by Gasteiger charge is 2.34. The highest BCUT2D eigenvalue weighted by Crippen LogP contribution is 2.24. The van der Waals surface area contributed by atoms with Gasteiger partial charge >= 0.3 is 5.97 Å². The van der Waals surface area contributed by atoms with Crippen molar-refractivity contribution < 1.29 is 27.7 Å². The van der Waals surface area contributed by atoms with Crippen molar-refractivity contribution in [3.63, 3.8) is 0 Å². The van der Waals surface area contributed by atoms with E-state index in [1.165, 1.54) is 6.42 Å². The van der Waals surface area contributed by atoms with Crippen LogP contribution in [0.25, 0.3) is 0 Å². The topological polar surface area (TPSA) is 53.9 Å². The number of ether oxygens (including phenoxy) is 1. The first-order chi connectivity index (χ1) is 6.40. The Bertz CT molecular complexity index is 213. The van der Waals surface area contributed by atoms with E-state index in [1.54, 1.807) is 0 Å². The van der Waals surface area contributed by atoms with Gasteiger partial charge in [-0.2, -0.15) is 0 Å². The predicted octanol–water partition coefficient (Wildman–Crippen LogP) is -1.87. The fraction of sp³-hybridized carbons (Fsp3) is 0.909. The molecule has 3 nitrogen and oxygen atoms in total. The second-order valence-electron chi connectivity index (χ2n) is 5.18. The van der Waals surface area contributed by atoms with Crippen LogP contribution in [0.5, 0.6) is 0 Å². The number of hydrogen-bond acceptors (Lipinski definition) is 2. The Morgan fingerprint density at radius 3 is 2.27 bits per heavy atom. The van der Waals surface area contributed by atoms with E-state index in [1.807, 2.05) is 20.8 Å². The lowest BCUT2D eigenvalue weighted by atomic mass is 9.85. The summed E-state index contributed by atoms with van der Waals surface area (Å²) in [5.74, 6) is -0.0276. The van der Waals surface area contributed by atoms with E-state index in [2.05, 4.69) is 5.73 Å². The van der Waals surface area contributed by atoms with Gasteiger partial charge in [0, 0.05) is 6.42 Å². The summed E-state index contributed by atoms with van der Waals surface area (Å²) in [6.45, 7) is 5.73. The summed E-state index contributed by atoms with van der Waals surface area (Å²) in [6.07, 6.45) is 4.34. The molecule has 0 spiro atoms. The smallest absolute Gasteiger partial charge is 0.315 e. The van der Waals surface area contributed by atoms with Gasteiger partial charge in [0.1, 0.15) is 11.5 Å². The molecule has 1 fully saturated rings. The molecule has 0 saturated heterocycles.